The summed E-state index contributed by atoms with van der Waals surface area (Å²) in [6.07, 6.45) is 1.69. The Morgan fingerprint density at radius 1 is 1.24 bits per heavy atom. The highest BCUT2D eigenvalue weighted by Gasteiger charge is 2.33. The Hall–Kier alpha value is -2.04. The third-order valence-corrected chi connectivity index (χ3v) is 3.84. The monoisotopic (exact) mass is 291 g/mol. The molecule has 0 bridgehead atoms. The fraction of sp³-hybridized carbons (Fsp3) is 0.500. The minimum atomic E-state index is -0.798. The van der Waals surface area contributed by atoms with Gasteiger partial charge in [0.25, 0.3) is 0 Å². The lowest BCUT2D eigenvalue weighted by molar-refractivity contribution is -0.141. The molecule has 1 aromatic carbocycles. The standard InChI is InChI=1S/C16H21NO4/c1-11-2-6-14(7-3-11)21-9-8-17-15(18)12-4-5-13(10-12)16(19)20/h2-3,6-7,12-13H,4-5,8-10H2,1H3,(H,17,18)(H,19,20)/t12-,13+/m1/s1. The lowest BCUT2D eigenvalue weighted by atomic mass is 10.0. The van der Waals surface area contributed by atoms with Crippen LogP contribution >= 0.6 is 0 Å². The van der Waals surface area contributed by atoms with Gasteiger partial charge in [0.1, 0.15) is 12.4 Å². The average molecular weight is 291 g/mol. The second kappa shape index (κ2) is 7.11. The molecule has 1 fully saturated rings. The maximum atomic E-state index is 11.9. The van der Waals surface area contributed by atoms with Gasteiger partial charge in [0.15, 0.2) is 0 Å². The molecule has 2 atom stereocenters. The lowest BCUT2D eigenvalue weighted by Crippen LogP contribution is -2.33. The quantitative estimate of drug-likeness (QED) is 0.786. The van der Waals surface area contributed by atoms with E-state index in [1.54, 1.807) is 0 Å². The molecule has 1 saturated carbocycles. The van der Waals surface area contributed by atoms with E-state index in [0.29, 0.717) is 32.4 Å². The van der Waals surface area contributed by atoms with Crippen LogP contribution in [-0.4, -0.2) is 30.1 Å². The van der Waals surface area contributed by atoms with Crippen LogP contribution in [0.1, 0.15) is 24.8 Å². The Kier molecular flexibility index (Phi) is 5.20. The first kappa shape index (κ1) is 15.4. The predicted octanol–water partition coefficient (Wildman–Crippen LogP) is 1.99. The number of aryl methyl sites for hydroxylation is 1. The van der Waals surface area contributed by atoms with Crippen LogP contribution in [0.4, 0.5) is 0 Å². The van der Waals surface area contributed by atoms with Gasteiger partial charge in [-0.25, -0.2) is 0 Å². The summed E-state index contributed by atoms with van der Waals surface area (Å²) in [5.74, 6) is -0.629. The van der Waals surface area contributed by atoms with Gasteiger partial charge in [-0.3, -0.25) is 9.59 Å². The van der Waals surface area contributed by atoms with Crippen molar-refractivity contribution in [3.8, 4) is 5.75 Å². The van der Waals surface area contributed by atoms with Crippen LogP contribution in [0.3, 0.4) is 0 Å². The molecule has 1 aromatic rings. The first-order valence-corrected chi connectivity index (χ1v) is 7.26. The SMILES string of the molecule is Cc1ccc(OCCNC(=O)[C@@H]2CC[C@H](C(=O)O)C2)cc1. The third-order valence-electron chi connectivity index (χ3n) is 3.84. The normalized spacial score (nSPS) is 21.0. The van der Waals surface area contributed by atoms with Gasteiger partial charge in [0, 0.05) is 5.92 Å². The number of aliphatic carboxylic acids is 1. The number of carboxylic acid groups (broad SMARTS) is 1. The molecule has 0 heterocycles. The Labute approximate surface area is 124 Å². The molecule has 0 saturated heterocycles. The highest BCUT2D eigenvalue weighted by atomic mass is 16.5. The summed E-state index contributed by atoms with van der Waals surface area (Å²) in [6.45, 7) is 2.85. The van der Waals surface area contributed by atoms with Crippen LogP contribution < -0.4 is 10.1 Å². The summed E-state index contributed by atoms with van der Waals surface area (Å²) in [7, 11) is 0. The van der Waals surface area contributed by atoms with Crippen LogP contribution in [-0.2, 0) is 9.59 Å². The summed E-state index contributed by atoms with van der Waals surface area (Å²) in [5, 5.41) is 11.7. The van der Waals surface area contributed by atoms with E-state index in [2.05, 4.69) is 5.32 Å². The number of hydrogen-bond acceptors (Lipinski definition) is 3. The lowest BCUT2D eigenvalue weighted by Gasteiger charge is -2.11. The van der Waals surface area contributed by atoms with Crippen LogP contribution in [0.5, 0.6) is 5.75 Å². The molecule has 5 nitrogen and oxygen atoms in total. The number of ether oxygens (including phenoxy) is 1. The zero-order chi connectivity index (χ0) is 15.2. The number of benzene rings is 1. The molecule has 0 aliphatic heterocycles. The van der Waals surface area contributed by atoms with Crippen molar-refractivity contribution in [3.63, 3.8) is 0 Å². The van der Waals surface area contributed by atoms with Crippen molar-refractivity contribution >= 4 is 11.9 Å². The number of nitrogens with one attached hydrogen (secondary N) is 1. The van der Waals surface area contributed by atoms with E-state index in [9.17, 15) is 9.59 Å². The van der Waals surface area contributed by atoms with Crippen LogP contribution in [0.2, 0.25) is 0 Å². The van der Waals surface area contributed by atoms with E-state index < -0.39 is 5.97 Å². The fourth-order valence-corrected chi connectivity index (χ4v) is 2.57. The summed E-state index contributed by atoms with van der Waals surface area (Å²) < 4.78 is 5.52. The van der Waals surface area contributed by atoms with Gasteiger partial charge in [-0.2, -0.15) is 0 Å². The first-order valence-electron chi connectivity index (χ1n) is 7.26. The van der Waals surface area contributed by atoms with Gasteiger partial charge in [-0.15, -0.1) is 0 Å². The first-order chi connectivity index (χ1) is 10.1. The molecule has 2 N–H and O–H groups in total. The van der Waals surface area contributed by atoms with Gasteiger partial charge in [0.05, 0.1) is 12.5 Å². The molecular formula is C16H21NO4. The highest BCUT2D eigenvalue weighted by Crippen LogP contribution is 2.30. The molecule has 2 rings (SSSR count). The van der Waals surface area contributed by atoms with Gasteiger partial charge in [0.2, 0.25) is 5.91 Å². The molecule has 1 aliphatic carbocycles. The molecule has 114 valence electrons. The summed E-state index contributed by atoms with van der Waals surface area (Å²) in [4.78, 5) is 22.8. The van der Waals surface area contributed by atoms with E-state index >= 15 is 0 Å². The summed E-state index contributed by atoms with van der Waals surface area (Å²) in [6, 6.07) is 7.73. The van der Waals surface area contributed by atoms with Crippen molar-refractivity contribution in [2.24, 2.45) is 11.8 Å². The Balaban J connectivity index is 1.66. The van der Waals surface area contributed by atoms with E-state index in [0.717, 1.165) is 5.75 Å². The van der Waals surface area contributed by atoms with Gasteiger partial charge >= 0.3 is 5.97 Å². The van der Waals surface area contributed by atoms with Crippen LogP contribution in [0.15, 0.2) is 24.3 Å². The molecule has 5 heteroatoms. The zero-order valence-electron chi connectivity index (χ0n) is 12.2. The fourth-order valence-electron chi connectivity index (χ4n) is 2.57. The number of carboxylic acids is 1. The van der Waals surface area contributed by atoms with Gasteiger partial charge < -0.3 is 15.2 Å². The Bertz CT molecular complexity index is 498. The number of carbonyl (C=O) groups excluding carboxylic acids is 1. The number of amides is 1. The molecule has 1 amide bonds. The van der Waals surface area contributed by atoms with Crippen molar-refractivity contribution in [2.45, 2.75) is 26.2 Å². The van der Waals surface area contributed by atoms with Gasteiger partial charge in [-0.05, 0) is 38.3 Å². The minimum Gasteiger partial charge on any atom is -0.492 e. The number of carbonyl (C=O) groups is 2. The molecule has 21 heavy (non-hydrogen) atoms. The molecular weight excluding hydrogens is 270 g/mol. The van der Waals surface area contributed by atoms with E-state index in [1.165, 1.54) is 5.56 Å². The van der Waals surface area contributed by atoms with Crippen molar-refractivity contribution in [3.05, 3.63) is 29.8 Å². The predicted molar refractivity (Wildman–Crippen MR) is 78.2 cm³/mol. The summed E-state index contributed by atoms with van der Waals surface area (Å²) >= 11 is 0. The van der Waals surface area contributed by atoms with Crippen molar-refractivity contribution in [2.75, 3.05) is 13.2 Å². The molecule has 0 radical (unpaired) electrons. The Morgan fingerprint density at radius 2 is 1.90 bits per heavy atom. The largest absolute Gasteiger partial charge is 0.492 e. The minimum absolute atomic E-state index is 0.0637. The smallest absolute Gasteiger partial charge is 0.306 e. The number of rotatable bonds is 6. The molecule has 0 spiro atoms. The second-order valence-corrected chi connectivity index (χ2v) is 5.50. The van der Waals surface area contributed by atoms with Crippen LogP contribution in [0, 0.1) is 18.8 Å². The van der Waals surface area contributed by atoms with Crippen LogP contribution in [0.25, 0.3) is 0 Å². The average Bonchev–Trinajstić information content (AvgIpc) is 2.95. The van der Waals surface area contributed by atoms with Crippen molar-refractivity contribution < 1.29 is 19.4 Å². The molecule has 0 aromatic heterocycles. The third kappa shape index (κ3) is 4.48. The highest BCUT2D eigenvalue weighted by molar-refractivity contribution is 5.80. The second-order valence-electron chi connectivity index (χ2n) is 5.50. The Morgan fingerprint density at radius 3 is 2.52 bits per heavy atom. The molecule has 1 aliphatic rings. The molecule has 0 unspecified atom stereocenters. The summed E-state index contributed by atoms with van der Waals surface area (Å²) in [5.41, 5.74) is 1.17. The maximum absolute atomic E-state index is 11.9. The van der Waals surface area contributed by atoms with E-state index in [1.807, 2.05) is 31.2 Å². The van der Waals surface area contributed by atoms with E-state index in [-0.39, 0.29) is 17.7 Å². The van der Waals surface area contributed by atoms with Gasteiger partial charge in [-0.1, -0.05) is 17.7 Å². The van der Waals surface area contributed by atoms with Crippen molar-refractivity contribution in [1.29, 1.82) is 0 Å². The zero-order valence-corrected chi connectivity index (χ0v) is 12.2. The van der Waals surface area contributed by atoms with E-state index in [4.69, 9.17) is 9.84 Å². The van der Waals surface area contributed by atoms with Crippen molar-refractivity contribution in [1.82, 2.24) is 5.32 Å². The maximum Gasteiger partial charge on any atom is 0.306 e. The topological polar surface area (TPSA) is 75.6 Å². The number of hydrogen-bond donors (Lipinski definition) is 2.